The summed E-state index contributed by atoms with van der Waals surface area (Å²) in [5.41, 5.74) is 3.67. The maximum absolute atomic E-state index is 11.3. The summed E-state index contributed by atoms with van der Waals surface area (Å²) >= 11 is 5.72. The number of carbonyl (C=O) groups is 1. The highest BCUT2D eigenvalue weighted by atomic mass is 32.1. The molecule has 0 bridgehead atoms. The predicted octanol–water partition coefficient (Wildman–Crippen LogP) is 4.92. The van der Waals surface area contributed by atoms with Crippen molar-refractivity contribution in [2.45, 2.75) is 25.6 Å². The van der Waals surface area contributed by atoms with Gasteiger partial charge in [0.15, 0.2) is 5.11 Å². The van der Waals surface area contributed by atoms with Crippen molar-refractivity contribution in [1.29, 1.82) is 0 Å². The highest BCUT2D eigenvalue weighted by molar-refractivity contribution is 7.80. The summed E-state index contributed by atoms with van der Waals surface area (Å²) in [6.45, 7) is 2.39. The lowest BCUT2D eigenvalue weighted by atomic mass is 10.0. The van der Waals surface area contributed by atoms with E-state index in [2.05, 4.69) is 20.2 Å². The first-order chi connectivity index (χ1) is 16.5. The average molecular weight is 471 g/mol. The van der Waals surface area contributed by atoms with Gasteiger partial charge in [-0.3, -0.25) is 9.97 Å². The number of nitrogens with one attached hydrogen (secondary N) is 1. The van der Waals surface area contributed by atoms with E-state index < -0.39 is 5.97 Å². The minimum absolute atomic E-state index is 0.202. The van der Waals surface area contributed by atoms with Gasteiger partial charge in [0.25, 0.3) is 0 Å². The Morgan fingerprint density at radius 3 is 2.56 bits per heavy atom. The molecule has 1 aliphatic heterocycles. The molecule has 2 N–H and O–H groups in total. The number of furan rings is 1. The minimum Gasteiger partial charge on any atom is -0.478 e. The number of aromatic carboxylic acids is 1. The van der Waals surface area contributed by atoms with Crippen molar-refractivity contribution >= 4 is 23.3 Å². The van der Waals surface area contributed by atoms with Crippen LogP contribution in [0.25, 0.3) is 11.3 Å². The van der Waals surface area contributed by atoms with Crippen LogP contribution in [0.1, 0.15) is 45.2 Å². The molecule has 8 heteroatoms. The van der Waals surface area contributed by atoms with E-state index in [1.54, 1.807) is 30.6 Å². The second-order valence-corrected chi connectivity index (χ2v) is 8.50. The Balaban J connectivity index is 1.53. The van der Waals surface area contributed by atoms with Gasteiger partial charge in [-0.05, 0) is 73.2 Å². The molecule has 7 nitrogen and oxygen atoms in total. The van der Waals surface area contributed by atoms with E-state index in [1.165, 1.54) is 0 Å². The fourth-order valence-electron chi connectivity index (χ4n) is 4.28. The molecule has 4 aromatic rings. The topological polar surface area (TPSA) is 91.5 Å². The third-order valence-electron chi connectivity index (χ3n) is 5.91. The van der Waals surface area contributed by atoms with Crippen LogP contribution in [0.4, 0.5) is 0 Å². The molecule has 34 heavy (non-hydrogen) atoms. The van der Waals surface area contributed by atoms with Crippen LogP contribution in [-0.2, 0) is 6.54 Å². The van der Waals surface area contributed by atoms with Gasteiger partial charge in [-0.15, -0.1) is 0 Å². The van der Waals surface area contributed by atoms with E-state index in [-0.39, 0.29) is 17.6 Å². The molecule has 4 heterocycles. The fourth-order valence-corrected chi connectivity index (χ4v) is 4.59. The number of benzene rings is 1. The molecule has 0 aliphatic carbocycles. The molecule has 3 aromatic heterocycles. The van der Waals surface area contributed by atoms with E-state index in [0.29, 0.717) is 17.4 Å². The molecule has 0 unspecified atom stereocenters. The molecular weight excluding hydrogens is 448 g/mol. The third kappa shape index (κ3) is 4.15. The van der Waals surface area contributed by atoms with Gasteiger partial charge >= 0.3 is 5.97 Å². The molecule has 1 fully saturated rings. The maximum atomic E-state index is 11.3. The standard InChI is InChI=1S/C26H22N4O3S/c1-16-14-17(25(31)32)8-9-19(16)21-10-11-22(33-21)24-23(20-7-3-5-13-28-20)29-26(34)30(24)15-18-6-2-4-12-27-18/h2-14,23-24H,15H2,1H3,(H,29,34)(H,31,32)/t23-,24+/m1/s1. The summed E-state index contributed by atoms with van der Waals surface area (Å²) in [5.74, 6) is 0.444. The SMILES string of the molecule is Cc1cc(C(=O)O)ccc1-c1ccc([C@H]2[C@@H](c3ccccn3)NC(=S)N2Cc2ccccn2)o1. The monoisotopic (exact) mass is 470 g/mol. The smallest absolute Gasteiger partial charge is 0.335 e. The van der Waals surface area contributed by atoms with E-state index in [0.717, 1.165) is 28.3 Å². The van der Waals surface area contributed by atoms with Crippen molar-refractivity contribution < 1.29 is 14.3 Å². The lowest BCUT2D eigenvalue weighted by Gasteiger charge is -2.25. The molecule has 1 saturated heterocycles. The van der Waals surface area contributed by atoms with E-state index in [9.17, 15) is 9.90 Å². The Hall–Kier alpha value is -4.04. The number of carboxylic acid groups (broad SMARTS) is 1. The van der Waals surface area contributed by atoms with Crippen LogP contribution in [0.15, 0.2) is 83.5 Å². The first kappa shape index (κ1) is 21.8. The van der Waals surface area contributed by atoms with Crippen LogP contribution in [0.2, 0.25) is 0 Å². The van der Waals surface area contributed by atoms with Gasteiger partial charge in [-0.2, -0.15) is 0 Å². The molecule has 170 valence electrons. The number of thiocarbonyl (C=S) groups is 1. The summed E-state index contributed by atoms with van der Waals surface area (Å²) in [4.78, 5) is 22.4. The Labute approximate surface area is 202 Å². The number of pyridine rings is 2. The Kier molecular flexibility index (Phi) is 5.81. The number of hydrogen-bond acceptors (Lipinski definition) is 5. The largest absolute Gasteiger partial charge is 0.478 e. The van der Waals surface area contributed by atoms with Crippen molar-refractivity contribution in [3.05, 3.63) is 107 Å². The van der Waals surface area contributed by atoms with E-state index >= 15 is 0 Å². The van der Waals surface area contributed by atoms with Crippen LogP contribution in [0.5, 0.6) is 0 Å². The maximum Gasteiger partial charge on any atom is 0.335 e. The van der Waals surface area contributed by atoms with Gasteiger partial charge in [0, 0.05) is 18.0 Å². The first-order valence-corrected chi connectivity index (χ1v) is 11.2. The van der Waals surface area contributed by atoms with Gasteiger partial charge in [0.2, 0.25) is 0 Å². The molecular formula is C26H22N4O3S. The highest BCUT2D eigenvalue weighted by Gasteiger charge is 2.41. The molecule has 2 atom stereocenters. The number of rotatable bonds is 6. The van der Waals surface area contributed by atoms with Crippen molar-refractivity contribution in [1.82, 2.24) is 20.2 Å². The zero-order valence-electron chi connectivity index (χ0n) is 18.4. The lowest BCUT2D eigenvalue weighted by Crippen LogP contribution is -2.29. The molecule has 0 amide bonds. The summed E-state index contributed by atoms with van der Waals surface area (Å²) in [6.07, 6.45) is 3.53. The van der Waals surface area contributed by atoms with E-state index in [4.69, 9.17) is 16.6 Å². The summed E-state index contributed by atoms with van der Waals surface area (Å²) in [5, 5.41) is 13.3. The fraction of sp³-hybridized carbons (Fsp3) is 0.154. The van der Waals surface area contributed by atoms with Gasteiger partial charge in [-0.25, -0.2) is 4.79 Å². The van der Waals surface area contributed by atoms with Crippen molar-refractivity contribution in [2.24, 2.45) is 0 Å². The number of aryl methyl sites for hydroxylation is 1. The first-order valence-electron chi connectivity index (χ1n) is 10.8. The molecule has 0 radical (unpaired) electrons. The van der Waals surface area contributed by atoms with Gasteiger partial charge in [-0.1, -0.05) is 18.2 Å². The van der Waals surface area contributed by atoms with Crippen molar-refractivity contribution in [2.75, 3.05) is 0 Å². The van der Waals surface area contributed by atoms with Crippen LogP contribution >= 0.6 is 12.2 Å². The quantitative estimate of drug-likeness (QED) is 0.384. The Bertz CT molecular complexity index is 1340. The van der Waals surface area contributed by atoms with Gasteiger partial charge in [0.1, 0.15) is 17.6 Å². The zero-order chi connectivity index (χ0) is 23.7. The van der Waals surface area contributed by atoms with Crippen molar-refractivity contribution in [3.63, 3.8) is 0 Å². The number of carboxylic acids is 1. The average Bonchev–Trinajstić information content (AvgIpc) is 3.45. The number of aromatic nitrogens is 2. The second-order valence-electron chi connectivity index (χ2n) is 8.11. The summed E-state index contributed by atoms with van der Waals surface area (Å²) in [7, 11) is 0. The van der Waals surface area contributed by atoms with E-state index in [1.807, 2.05) is 55.5 Å². The minimum atomic E-state index is -0.955. The molecule has 1 aliphatic rings. The van der Waals surface area contributed by atoms with Gasteiger partial charge < -0.3 is 19.7 Å². The second kappa shape index (κ2) is 9.07. The van der Waals surface area contributed by atoms with Crippen LogP contribution in [-0.4, -0.2) is 31.1 Å². The number of hydrogen-bond donors (Lipinski definition) is 2. The predicted molar refractivity (Wildman–Crippen MR) is 131 cm³/mol. The number of nitrogens with zero attached hydrogens (tertiary/aromatic N) is 3. The molecule has 5 rings (SSSR count). The molecule has 0 saturated carbocycles. The highest BCUT2D eigenvalue weighted by Crippen LogP contribution is 2.41. The zero-order valence-corrected chi connectivity index (χ0v) is 19.2. The van der Waals surface area contributed by atoms with Gasteiger partial charge in [0.05, 0.1) is 29.5 Å². The van der Waals surface area contributed by atoms with Crippen LogP contribution < -0.4 is 5.32 Å². The van der Waals surface area contributed by atoms with Crippen molar-refractivity contribution in [3.8, 4) is 11.3 Å². The Morgan fingerprint density at radius 2 is 1.88 bits per heavy atom. The van der Waals surface area contributed by atoms with Crippen LogP contribution in [0.3, 0.4) is 0 Å². The lowest BCUT2D eigenvalue weighted by molar-refractivity contribution is 0.0697. The molecule has 1 aromatic carbocycles. The summed E-state index contributed by atoms with van der Waals surface area (Å²) in [6, 6.07) is 20.0. The summed E-state index contributed by atoms with van der Waals surface area (Å²) < 4.78 is 6.37. The normalized spacial score (nSPS) is 17.6. The Morgan fingerprint density at radius 1 is 1.09 bits per heavy atom. The van der Waals surface area contributed by atoms with Crippen LogP contribution in [0, 0.1) is 6.92 Å². The third-order valence-corrected chi connectivity index (χ3v) is 6.27. The molecule has 0 spiro atoms.